The van der Waals surface area contributed by atoms with Crippen molar-refractivity contribution in [3.8, 4) is 11.1 Å². The standard InChI is InChI=1S/C20H22FN3O/c21-19-12-22-9-8-18(19)15-4-6-16(7-5-15)20(25)24-13-17(14-24)23-10-2-1-3-11-23/h4-9,12,17H,1-3,10-11,13-14H2. The number of benzene rings is 1. The van der Waals surface area contributed by atoms with E-state index in [0.29, 0.717) is 17.2 Å². The number of halogens is 1. The fourth-order valence-corrected chi connectivity index (χ4v) is 3.72. The highest BCUT2D eigenvalue weighted by atomic mass is 19.1. The van der Waals surface area contributed by atoms with Crippen molar-refractivity contribution in [2.75, 3.05) is 26.2 Å². The molecule has 0 saturated carbocycles. The van der Waals surface area contributed by atoms with Crippen LogP contribution in [0.25, 0.3) is 11.1 Å². The van der Waals surface area contributed by atoms with E-state index in [-0.39, 0.29) is 11.7 Å². The van der Waals surface area contributed by atoms with Gasteiger partial charge in [0.05, 0.1) is 6.20 Å². The van der Waals surface area contributed by atoms with Gasteiger partial charge in [0.2, 0.25) is 0 Å². The zero-order valence-electron chi connectivity index (χ0n) is 14.2. The van der Waals surface area contributed by atoms with E-state index in [1.165, 1.54) is 38.5 Å². The van der Waals surface area contributed by atoms with E-state index in [1.807, 2.05) is 4.90 Å². The second kappa shape index (κ2) is 6.92. The second-order valence-corrected chi connectivity index (χ2v) is 6.89. The third-order valence-corrected chi connectivity index (χ3v) is 5.27. The zero-order chi connectivity index (χ0) is 17.2. The summed E-state index contributed by atoms with van der Waals surface area (Å²) in [5.41, 5.74) is 1.92. The minimum absolute atomic E-state index is 0.0648. The van der Waals surface area contributed by atoms with Crippen LogP contribution in [0.4, 0.5) is 4.39 Å². The van der Waals surface area contributed by atoms with Crippen LogP contribution >= 0.6 is 0 Å². The molecule has 0 N–H and O–H groups in total. The van der Waals surface area contributed by atoms with E-state index in [4.69, 9.17) is 0 Å². The summed E-state index contributed by atoms with van der Waals surface area (Å²) in [6.45, 7) is 3.97. The van der Waals surface area contributed by atoms with E-state index in [2.05, 4.69) is 9.88 Å². The number of carbonyl (C=O) groups excluding carboxylic acids is 1. The Hall–Kier alpha value is -2.27. The molecule has 0 atom stereocenters. The van der Waals surface area contributed by atoms with Gasteiger partial charge in [0.25, 0.3) is 5.91 Å². The molecule has 130 valence electrons. The van der Waals surface area contributed by atoms with Gasteiger partial charge in [-0.05, 0) is 49.7 Å². The van der Waals surface area contributed by atoms with Crippen molar-refractivity contribution < 1.29 is 9.18 Å². The Balaban J connectivity index is 1.39. The molecule has 2 aromatic rings. The van der Waals surface area contributed by atoms with Crippen LogP contribution in [0.5, 0.6) is 0 Å². The van der Waals surface area contributed by atoms with Gasteiger partial charge in [-0.25, -0.2) is 4.39 Å². The van der Waals surface area contributed by atoms with Gasteiger partial charge < -0.3 is 4.90 Å². The Bertz CT molecular complexity index is 750. The van der Waals surface area contributed by atoms with E-state index in [9.17, 15) is 9.18 Å². The summed E-state index contributed by atoms with van der Waals surface area (Å²) >= 11 is 0. The summed E-state index contributed by atoms with van der Waals surface area (Å²) in [6.07, 6.45) is 6.65. The van der Waals surface area contributed by atoms with Gasteiger partial charge in [-0.15, -0.1) is 0 Å². The Morgan fingerprint density at radius 3 is 2.44 bits per heavy atom. The molecule has 0 radical (unpaired) electrons. The first kappa shape index (κ1) is 16.2. The minimum atomic E-state index is -0.353. The molecule has 0 aliphatic carbocycles. The number of aromatic nitrogens is 1. The summed E-state index contributed by atoms with van der Waals surface area (Å²) in [6, 6.07) is 9.33. The number of nitrogens with zero attached hydrogens (tertiary/aromatic N) is 3. The van der Waals surface area contributed by atoms with Crippen LogP contribution in [-0.2, 0) is 0 Å². The predicted molar refractivity (Wildman–Crippen MR) is 94.7 cm³/mol. The van der Waals surface area contributed by atoms with E-state index in [0.717, 1.165) is 18.7 Å². The molecular formula is C20H22FN3O. The van der Waals surface area contributed by atoms with E-state index >= 15 is 0 Å². The largest absolute Gasteiger partial charge is 0.335 e. The molecular weight excluding hydrogens is 317 g/mol. The van der Waals surface area contributed by atoms with Crippen LogP contribution in [0, 0.1) is 5.82 Å². The lowest BCUT2D eigenvalue weighted by Gasteiger charge is -2.46. The van der Waals surface area contributed by atoms with Crippen LogP contribution in [-0.4, -0.2) is 52.9 Å². The third kappa shape index (κ3) is 3.29. The average Bonchev–Trinajstić information content (AvgIpc) is 2.62. The number of hydrogen-bond acceptors (Lipinski definition) is 3. The number of piperidine rings is 1. The third-order valence-electron chi connectivity index (χ3n) is 5.27. The molecule has 4 rings (SSSR count). The van der Waals surface area contributed by atoms with Gasteiger partial charge in [-0.3, -0.25) is 14.7 Å². The zero-order valence-corrected chi connectivity index (χ0v) is 14.2. The maximum atomic E-state index is 13.8. The summed E-state index contributed by atoms with van der Waals surface area (Å²) in [7, 11) is 0. The molecule has 4 nitrogen and oxygen atoms in total. The Morgan fingerprint density at radius 1 is 1.04 bits per heavy atom. The van der Waals surface area contributed by atoms with Crippen molar-refractivity contribution in [2.24, 2.45) is 0 Å². The van der Waals surface area contributed by atoms with Crippen LogP contribution in [0.15, 0.2) is 42.7 Å². The fourth-order valence-electron chi connectivity index (χ4n) is 3.72. The van der Waals surface area contributed by atoms with Gasteiger partial charge >= 0.3 is 0 Å². The number of carbonyl (C=O) groups is 1. The smallest absolute Gasteiger partial charge is 0.253 e. The summed E-state index contributed by atoms with van der Waals surface area (Å²) in [5, 5.41) is 0. The molecule has 3 heterocycles. The van der Waals surface area contributed by atoms with Gasteiger partial charge in [0.1, 0.15) is 5.82 Å². The first-order valence-electron chi connectivity index (χ1n) is 8.95. The van der Waals surface area contributed by atoms with Gasteiger partial charge in [-0.1, -0.05) is 18.6 Å². The minimum Gasteiger partial charge on any atom is -0.335 e. The first-order valence-corrected chi connectivity index (χ1v) is 8.95. The maximum absolute atomic E-state index is 13.8. The molecule has 2 saturated heterocycles. The average molecular weight is 339 g/mol. The highest BCUT2D eigenvalue weighted by Crippen LogP contribution is 2.24. The Kier molecular flexibility index (Phi) is 4.49. The van der Waals surface area contributed by atoms with Crippen LogP contribution in [0.2, 0.25) is 0 Å². The molecule has 5 heteroatoms. The van der Waals surface area contributed by atoms with Gasteiger partial charge in [0, 0.05) is 36.5 Å². The Morgan fingerprint density at radius 2 is 1.76 bits per heavy atom. The second-order valence-electron chi connectivity index (χ2n) is 6.89. The number of amides is 1. The topological polar surface area (TPSA) is 36.4 Å². The first-order chi connectivity index (χ1) is 12.2. The van der Waals surface area contributed by atoms with Crippen molar-refractivity contribution in [3.63, 3.8) is 0 Å². The lowest BCUT2D eigenvalue weighted by molar-refractivity contribution is 0.0203. The van der Waals surface area contributed by atoms with Crippen LogP contribution < -0.4 is 0 Å². The molecule has 25 heavy (non-hydrogen) atoms. The molecule has 0 spiro atoms. The monoisotopic (exact) mass is 339 g/mol. The number of likely N-dealkylation sites (tertiary alicyclic amines) is 2. The highest BCUT2D eigenvalue weighted by Gasteiger charge is 2.35. The summed E-state index contributed by atoms with van der Waals surface area (Å²) in [4.78, 5) is 20.8. The molecule has 0 unspecified atom stereocenters. The normalized spacial score (nSPS) is 18.8. The van der Waals surface area contributed by atoms with Crippen LogP contribution in [0.3, 0.4) is 0 Å². The van der Waals surface area contributed by atoms with E-state index in [1.54, 1.807) is 36.5 Å². The maximum Gasteiger partial charge on any atom is 0.253 e. The predicted octanol–water partition coefficient (Wildman–Crippen LogP) is 3.20. The number of rotatable bonds is 3. The molecule has 1 aromatic carbocycles. The van der Waals surface area contributed by atoms with Crippen molar-refractivity contribution >= 4 is 5.91 Å². The van der Waals surface area contributed by atoms with Crippen molar-refractivity contribution in [3.05, 3.63) is 54.1 Å². The fraction of sp³-hybridized carbons (Fsp3) is 0.400. The summed E-state index contributed by atoms with van der Waals surface area (Å²) in [5.74, 6) is -0.288. The number of hydrogen-bond donors (Lipinski definition) is 0. The number of pyridine rings is 1. The molecule has 0 bridgehead atoms. The lowest BCUT2D eigenvalue weighted by Crippen LogP contribution is -2.61. The lowest BCUT2D eigenvalue weighted by atomic mass is 10.00. The molecule has 2 fully saturated rings. The SMILES string of the molecule is O=C(c1ccc(-c2ccncc2F)cc1)N1CC(N2CCCCC2)C1. The van der Waals surface area contributed by atoms with Crippen molar-refractivity contribution in [2.45, 2.75) is 25.3 Å². The van der Waals surface area contributed by atoms with E-state index < -0.39 is 0 Å². The van der Waals surface area contributed by atoms with Crippen LogP contribution in [0.1, 0.15) is 29.6 Å². The van der Waals surface area contributed by atoms with Crippen molar-refractivity contribution in [1.82, 2.24) is 14.8 Å². The van der Waals surface area contributed by atoms with Gasteiger partial charge in [0.15, 0.2) is 0 Å². The highest BCUT2D eigenvalue weighted by molar-refractivity contribution is 5.95. The van der Waals surface area contributed by atoms with Crippen molar-refractivity contribution in [1.29, 1.82) is 0 Å². The Labute approximate surface area is 147 Å². The quantitative estimate of drug-likeness (QED) is 0.862. The molecule has 1 amide bonds. The van der Waals surface area contributed by atoms with Gasteiger partial charge in [-0.2, -0.15) is 0 Å². The molecule has 2 aliphatic rings. The molecule has 1 aromatic heterocycles. The summed E-state index contributed by atoms with van der Waals surface area (Å²) < 4.78 is 13.8. The molecule has 2 aliphatic heterocycles.